The van der Waals surface area contributed by atoms with Crippen molar-refractivity contribution in [1.29, 1.82) is 0 Å². The van der Waals surface area contributed by atoms with Crippen LogP contribution in [0.15, 0.2) is 47.6 Å². The van der Waals surface area contributed by atoms with Gasteiger partial charge in [-0.2, -0.15) is 0 Å². The molecule has 0 spiro atoms. The summed E-state index contributed by atoms with van der Waals surface area (Å²) in [6.45, 7) is 6.37. The van der Waals surface area contributed by atoms with Crippen molar-refractivity contribution in [1.82, 2.24) is 0 Å². The maximum absolute atomic E-state index is 8.83. The zero-order valence-corrected chi connectivity index (χ0v) is 8.81. The van der Waals surface area contributed by atoms with E-state index in [0.29, 0.717) is 12.3 Å². The van der Waals surface area contributed by atoms with Crippen molar-refractivity contribution in [2.45, 2.75) is 6.92 Å². The van der Waals surface area contributed by atoms with Crippen LogP contribution in [0.25, 0.3) is 0 Å². The zero-order chi connectivity index (χ0) is 11.1. The van der Waals surface area contributed by atoms with Crippen molar-refractivity contribution in [2.24, 2.45) is 5.16 Å². The van der Waals surface area contributed by atoms with Gasteiger partial charge in [-0.15, -0.1) is 0 Å². The standard InChI is InChI=1S/C12H15NO2/c1-10(2)8-15-9-12(13-14)11-6-4-3-5-7-11/h3-7,14H,1,8-9H2,2H3/b13-12+. The van der Waals surface area contributed by atoms with Crippen LogP contribution in [0.3, 0.4) is 0 Å². The lowest BCUT2D eigenvalue weighted by Crippen LogP contribution is -2.11. The van der Waals surface area contributed by atoms with Crippen molar-refractivity contribution in [2.75, 3.05) is 13.2 Å². The summed E-state index contributed by atoms with van der Waals surface area (Å²) < 4.78 is 5.31. The van der Waals surface area contributed by atoms with Crippen LogP contribution < -0.4 is 0 Å². The fourth-order valence-corrected chi connectivity index (χ4v) is 1.12. The van der Waals surface area contributed by atoms with E-state index in [0.717, 1.165) is 11.1 Å². The molecule has 0 aliphatic carbocycles. The molecule has 0 aliphatic heterocycles. The first kappa shape index (κ1) is 11.5. The Morgan fingerprint density at radius 1 is 1.33 bits per heavy atom. The number of rotatable bonds is 5. The third-order valence-electron chi connectivity index (χ3n) is 1.81. The van der Waals surface area contributed by atoms with Crippen LogP contribution in [0.1, 0.15) is 12.5 Å². The fourth-order valence-electron chi connectivity index (χ4n) is 1.12. The number of oxime groups is 1. The number of nitrogens with zero attached hydrogens (tertiary/aromatic N) is 1. The molecule has 0 unspecified atom stereocenters. The Morgan fingerprint density at radius 2 is 2.00 bits per heavy atom. The minimum atomic E-state index is 0.285. The molecule has 0 saturated heterocycles. The topological polar surface area (TPSA) is 41.8 Å². The summed E-state index contributed by atoms with van der Waals surface area (Å²) in [6.07, 6.45) is 0. The predicted octanol–water partition coefficient (Wildman–Crippen LogP) is 2.46. The minimum absolute atomic E-state index is 0.285. The maximum Gasteiger partial charge on any atom is 0.112 e. The van der Waals surface area contributed by atoms with E-state index >= 15 is 0 Å². The van der Waals surface area contributed by atoms with Crippen LogP contribution in [-0.4, -0.2) is 24.1 Å². The lowest BCUT2D eigenvalue weighted by Gasteiger charge is -2.05. The summed E-state index contributed by atoms with van der Waals surface area (Å²) in [4.78, 5) is 0. The summed E-state index contributed by atoms with van der Waals surface area (Å²) in [7, 11) is 0. The molecule has 0 atom stereocenters. The van der Waals surface area contributed by atoms with E-state index in [2.05, 4.69) is 11.7 Å². The van der Waals surface area contributed by atoms with Gasteiger partial charge in [0.2, 0.25) is 0 Å². The van der Waals surface area contributed by atoms with Crippen molar-refractivity contribution in [3.05, 3.63) is 48.0 Å². The molecular weight excluding hydrogens is 190 g/mol. The van der Waals surface area contributed by atoms with Gasteiger partial charge in [0.1, 0.15) is 5.71 Å². The highest BCUT2D eigenvalue weighted by atomic mass is 16.5. The van der Waals surface area contributed by atoms with E-state index < -0.39 is 0 Å². The lowest BCUT2D eigenvalue weighted by molar-refractivity contribution is 0.193. The highest BCUT2D eigenvalue weighted by Gasteiger charge is 2.03. The smallest absolute Gasteiger partial charge is 0.112 e. The van der Waals surface area contributed by atoms with Gasteiger partial charge in [-0.05, 0) is 6.92 Å². The van der Waals surface area contributed by atoms with Crippen LogP contribution in [0, 0.1) is 0 Å². The van der Waals surface area contributed by atoms with E-state index in [1.54, 1.807) is 0 Å². The molecule has 1 rings (SSSR count). The molecule has 1 aromatic rings. The van der Waals surface area contributed by atoms with E-state index in [1.165, 1.54) is 0 Å². The van der Waals surface area contributed by atoms with Gasteiger partial charge in [-0.3, -0.25) is 0 Å². The molecule has 0 radical (unpaired) electrons. The summed E-state index contributed by atoms with van der Waals surface area (Å²) in [5, 5.41) is 12.0. The van der Waals surface area contributed by atoms with Gasteiger partial charge in [0.25, 0.3) is 0 Å². The van der Waals surface area contributed by atoms with Crippen LogP contribution in [0.5, 0.6) is 0 Å². The monoisotopic (exact) mass is 205 g/mol. The largest absolute Gasteiger partial charge is 0.411 e. The second-order valence-corrected chi connectivity index (χ2v) is 3.36. The van der Waals surface area contributed by atoms with Gasteiger partial charge in [0.15, 0.2) is 0 Å². The summed E-state index contributed by atoms with van der Waals surface area (Å²) in [6, 6.07) is 9.43. The minimum Gasteiger partial charge on any atom is -0.411 e. The lowest BCUT2D eigenvalue weighted by atomic mass is 10.1. The average molecular weight is 205 g/mol. The van der Waals surface area contributed by atoms with Crippen molar-refractivity contribution >= 4 is 5.71 Å². The Kier molecular flexibility index (Phi) is 4.57. The number of hydrogen-bond acceptors (Lipinski definition) is 3. The third kappa shape index (κ3) is 3.95. The zero-order valence-electron chi connectivity index (χ0n) is 8.81. The maximum atomic E-state index is 8.83. The molecular formula is C12H15NO2. The van der Waals surface area contributed by atoms with Crippen LogP contribution in [0.4, 0.5) is 0 Å². The molecule has 0 amide bonds. The molecule has 15 heavy (non-hydrogen) atoms. The highest BCUT2D eigenvalue weighted by molar-refractivity contribution is 6.01. The number of hydrogen-bond donors (Lipinski definition) is 1. The van der Waals surface area contributed by atoms with Gasteiger partial charge in [-0.1, -0.05) is 47.6 Å². The normalized spacial score (nSPS) is 11.4. The molecule has 0 aliphatic rings. The first-order valence-corrected chi connectivity index (χ1v) is 4.72. The van der Waals surface area contributed by atoms with E-state index in [1.807, 2.05) is 37.3 Å². The van der Waals surface area contributed by atoms with Crippen LogP contribution >= 0.6 is 0 Å². The molecule has 80 valence electrons. The summed E-state index contributed by atoms with van der Waals surface area (Å²) in [5.41, 5.74) is 2.33. The Labute approximate surface area is 89.7 Å². The molecule has 3 heteroatoms. The van der Waals surface area contributed by atoms with E-state index in [4.69, 9.17) is 9.94 Å². The molecule has 0 aromatic heterocycles. The van der Waals surface area contributed by atoms with Crippen LogP contribution in [-0.2, 0) is 4.74 Å². The molecule has 0 fully saturated rings. The quantitative estimate of drug-likeness (QED) is 0.347. The number of benzene rings is 1. The molecule has 1 N–H and O–H groups in total. The average Bonchev–Trinajstić information content (AvgIpc) is 2.25. The van der Waals surface area contributed by atoms with Crippen LogP contribution in [0.2, 0.25) is 0 Å². The second kappa shape index (κ2) is 5.98. The molecule has 0 bridgehead atoms. The summed E-state index contributed by atoms with van der Waals surface area (Å²) >= 11 is 0. The Hall–Kier alpha value is -1.61. The first-order chi connectivity index (χ1) is 7.24. The van der Waals surface area contributed by atoms with Crippen molar-refractivity contribution in [3.63, 3.8) is 0 Å². The molecule has 0 heterocycles. The third-order valence-corrected chi connectivity index (χ3v) is 1.81. The van der Waals surface area contributed by atoms with Crippen molar-refractivity contribution in [3.8, 4) is 0 Å². The van der Waals surface area contributed by atoms with E-state index in [-0.39, 0.29) is 6.61 Å². The highest BCUT2D eigenvalue weighted by Crippen LogP contribution is 2.02. The Morgan fingerprint density at radius 3 is 2.53 bits per heavy atom. The Bertz CT molecular complexity index is 344. The fraction of sp³-hybridized carbons (Fsp3) is 0.250. The van der Waals surface area contributed by atoms with Gasteiger partial charge in [-0.25, -0.2) is 0 Å². The summed E-state index contributed by atoms with van der Waals surface area (Å²) in [5.74, 6) is 0. The van der Waals surface area contributed by atoms with Gasteiger partial charge < -0.3 is 9.94 Å². The van der Waals surface area contributed by atoms with Crippen molar-refractivity contribution < 1.29 is 9.94 Å². The second-order valence-electron chi connectivity index (χ2n) is 3.36. The predicted molar refractivity (Wildman–Crippen MR) is 60.4 cm³/mol. The van der Waals surface area contributed by atoms with Gasteiger partial charge in [0.05, 0.1) is 13.2 Å². The Balaban J connectivity index is 2.55. The van der Waals surface area contributed by atoms with Gasteiger partial charge in [0, 0.05) is 5.56 Å². The molecule has 1 aromatic carbocycles. The first-order valence-electron chi connectivity index (χ1n) is 4.72. The van der Waals surface area contributed by atoms with E-state index in [9.17, 15) is 0 Å². The van der Waals surface area contributed by atoms with Gasteiger partial charge >= 0.3 is 0 Å². The number of ether oxygens (including phenoxy) is 1. The molecule has 3 nitrogen and oxygen atoms in total. The molecule has 0 saturated carbocycles. The SMILES string of the molecule is C=C(C)COC/C(=N\O)c1ccccc1.